The first-order valence-electron chi connectivity index (χ1n) is 12.2. The number of piperazine rings is 1. The number of halogens is 3. The first kappa shape index (κ1) is 23.8. The molecule has 4 fully saturated rings. The van der Waals surface area contributed by atoms with E-state index in [1.165, 1.54) is 6.20 Å². The first-order chi connectivity index (χ1) is 16.2. The number of hydrogen-bond acceptors (Lipinski definition) is 6. The Balaban J connectivity index is 1.29. The van der Waals surface area contributed by atoms with E-state index in [1.54, 1.807) is 7.11 Å². The van der Waals surface area contributed by atoms with Gasteiger partial charge in [0.05, 0.1) is 29.7 Å². The Bertz CT molecular complexity index is 916. The third-order valence-corrected chi connectivity index (χ3v) is 8.56. The topological polar surface area (TPSA) is 66.9 Å². The van der Waals surface area contributed by atoms with Gasteiger partial charge in [0.1, 0.15) is 5.82 Å². The number of ether oxygens (including phenoxy) is 2. The molecule has 6 atom stereocenters. The summed E-state index contributed by atoms with van der Waals surface area (Å²) in [6, 6.07) is 2.55. The number of alkyl halides is 3. The molecule has 1 spiro atoms. The van der Waals surface area contributed by atoms with E-state index in [-0.39, 0.29) is 36.1 Å². The normalized spacial score (nSPS) is 36.4. The van der Waals surface area contributed by atoms with Gasteiger partial charge >= 0.3 is 6.18 Å². The average Bonchev–Trinajstić information content (AvgIpc) is 3.35. The number of rotatable bonds is 4. The van der Waals surface area contributed by atoms with Crippen LogP contribution in [0.15, 0.2) is 18.3 Å². The molecule has 34 heavy (non-hydrogen) atoms. The lowest BCUT2D eigenvalue weighted by Gasteiger charge is -2.39. The van der Waals surface area contributed by atoms with E-state index < -0.39 is 17.2 Å². The fourth-order valence-electron chi connectivity index (χ4n) is 6.58. The highest BCUT2D eigenvalue weighted by atomic mass is 19.4. The van der Waals surface area contributed by atoms with E-state index in [2.05, 4.69) is 17.2 Å². The van der Waals surface area contributed by atoms with Crippen LogP contribution < -0.4 is 10.2 Å². The van der Waals surface area contributed by atoms with Crippen molar-refractivity contribution in [3.63, 3.8) is 0 Å². The van der Waals surface area contributed by atoms with Gasteiger partial charge in [-0.3, -0.25) is 4.79 Å². The maximum absolute atomic E-state index is 13.6. The molecule has 1 aromatic heterocycles. The van der Waals surface area contributed by atoms with E-state index in [0.717, 1.165) is 37.8 Å². The van der Waals surface area contributed by atoms with Crippen molar-refractivity contribution in [1.29, 1.82) is 0 Å². The van der Waals surface area contributed by atoms with Crippen molar-refractivity contribution in [3.05, 3.63) is 23.9 Å². The van der Waals surface area contributed by atoms with Crippen molar-refractivity contribution >= 4 is 11.7 Å². The van der Waals surface area contributed by atoms with Crippen LogP contribution in [0, 0.1) is 11.3 Å². The number of nitrogens with one attached hydrogen (secondary N) is 1. The number of fused-ring (bicyclic) bond motifs is 1. The van der Waals surface area contributed by atoms with Crippen molar-refractivity contribution in [1.82, 2.24) is 15.2 Å². The molecule has 3 aliphatic heterocycles. The molecule has 1 amide bonds. The number of methoxy groups -OCH3 is 1. The number of pyridine rings is 1. The Kier molecular flexibility index (Phi) is 6.27. The van der Waals surface area contributed by atoms with Gasteiger partial charge < -0.3 is 24.6 Å². The van der Waals surface area contributed by atoms with Crippen LogP contribution in [0.3, 0.4) is 0 Å². The lowest BCUT2D eigenvalue weighted by atomic mass is 9.74. The van der Waals surface area contributed by atoms with Gasteiger partial charge in [0.2, 0.25) is 5.91 Å². The summed E-state index contributed by atoms with van der Waals surface area (Å²) in [6.45, 7) is 4.93. The number of hydrogen-bond donors (Lipinski definition) is 1. The minimum atomic E-state index is -4.40. The van der Waals surface area contributed by atoms with Gasteiger partial charge in [0, 0.05) is 51.6 Å². The molecule has 10 heteroatoms. The maximum Gasteiger partial charge on any atom is 0.416 e. The summed E-state index contributed by atoms with van der Waals surface area (Å²) in [7, 11) is 1.70. The van der Waals surface area contributed by atoms with Crippen LogP contribution in [-0.4, -0.2) is 80.0 Å². The van der Waals surface area contributed by atoms with Crippen molar-refractivity contribution in [3.8, 4) is 0 Å². The van der Waals surface area contributed by atoms with Crippen molar-refractivity contribution in [2.75, 3.05) is 44.9 Å². The zero-order valence-corrected chi connectivity index (χ0v) is 19.7. The highest BCUT2D eigenvalue weighted by molar-refractivity contribution is 5.87. The highest BCUT2D eigenvalue weighted by Crippen LogP contribution is 2.53. The van der Waals surface area contributed by atoms with Crippen LogP contribution in [0.4, 0.5) is 19.0 Å². The Morgan fingerprint density at radius 1 is 1.29 bits per heavy atom. The van der Waals surface area contributed by atoms with Crippen LogP contribution in [0.1, 0.15) is 38.2 Å². The number of carbonyl (C=O) groups is 1. The molecule has 1 aliphatic carbocycles. The van der Waals surface area contributed by atoms with Crippen LogP contribution in [0.5, 0.6) is 0 Å². The van der Waals surface area contributed by atoms with E-state index >= 15 is 0 Å². The van der Waals surface area contributed by atoms with Gasteiger partial charge in [0.15, 0.2) is 0 Å². The van der Waals surface area contributed by atoms with E-state index in [4.69, 9.17) is 9.47 Å². The standard InChI is InChI=1S/C24H33F3N4O3/c1-15-19-13-30(21-11-16(4-7-28-21)24(25,26)27)8-9-31(19)22(32)23(15)6-3-17(12-23)29-18-5-10-34-14-20(18)33-2/h4,7,11,15,17-20,29H,3,5-6,8-10,12-14H2,1-2H3/t15?,17?,18?,19?,20?,23-/m0/s1. The summed E-state index contributed by atoms with van der Waals surface area (Å²) in [6.07, 6.45) is 0.268. The number of anilines is 1. The van der Waals surface area contributed by atoms with Gasteiger partial charge in [-0.15, -0.1) is 0 Å². The Labute approximate surface area is 198 Å². The molecule has 188 valence electrons. The molecule has 1 N–H and O–H groups in total. The monoisotopic (exact) mass is 482 g/mol. The Hall–Kier alpha value is -1.91. The molecule has 0 radical (unpaired) electrons. The molecular formula is C24H33F3N4O3. The molecule has 4 aliphatic rings. The molecule has 4 heterocycles. The molecule has 0 bridgehead atoms. The minimum Gasteiger partial charge on any atom is -0.379 e. The highest BCUT2D eigenvalue weighted by Gasteiger charge is 2.60. The second kappa shape index (κ2) is 8.95. The molecule has 3 saturated heterocycles. The Morgan fingerprint density at radius 2 is 2.12 bits per heavy atom. The zero-order chi connectivity index (χ0) is 24.1. The number of aromatic nitrogens is 1. The SMILES string of the molecule is COC1COCCC1NC1CC[C@@]2(C1)C(=O)N1CCN(c3cc(C(F)(F)F)ccn3)CC1C2C. The molecular weight excluding hydrogens is 449 g/mol. The van der Waals surface area contributed by atoms with Crippen LogP contribution in [0.25, 0.3) is 0 Å². The smallest absolute Gasteiger partial charge is 0.379 e. The quantitative estimate of drug-likeness (QED) is 0.712. The maximum atomic E-state index is 13.6. The van der Waals surface area contributed by atoms with Crippen molar-refractivity contribution < 1.29 is 27.4 Å². The fraction of sp³-hybridized carbons (Fsp3) is 0.750. The minimum absolute atomic E-state index is 0.0156. The summed E-state index contributed by atoms with van der Waals surface area (Å²) in [5, 5.41) is 3.74. The zero-order valence-electron chi connectivity index (χ0n) is 19.7. The first-order valence-corrected chi connectivity index (χ1v) is 12.2. The van der Waals surface area contributed by atoms with Gasteiger partial charge in [-0.25, -0.2) is 4.98 Å². The second-order valence-electron chi connectivity index (χ2n) is 10.2. The number of nitrogens with zero attached hydrogens (tertiary/aromatic N) is 3. The fourth-order valence-corrected chi connectivity index (χ4v) is 6.58. The summed E-state index contributed by atoms with van der Waals surface area (Å²) in [5.74, 6) is 0.653. The summed E-state index contributed by atoms with van der Waals surface area (Å²) < 4.78 is 50.7. The molecule has 5 unspecified atom stereocenters. The predicted octanol–water partition coefficient (Wildman–Crippen LogP) is 2.70. The van der Waals surface area contributed by atoms with Gasteiger partial charge in [0.25, 0.3) is 0 Å². The van der Waals surface area contributed by atoms with E-state index in [9.17, 15) is 18.0 Å². The van der Waals surface area contributed by atoms with Gasteiger partial charge in [-0.2, -0.15) is 13.2 Å². The van der Waals surface area contributed by atoms with E-state index in [0.29, 0.717) is 38.7 Å². The summed E-state index contributed by atoms with van der Waals surface area (Å²) in [4.78, 5) is 21.7. The average molecular weight is 483 g/mol. The van der Waals surface area contributed by atoms with Crippen molar-refractivity contribution in [2.24, 2.45) is 11.3 Å². The van der Waals surface area contributed by atoms with Gasteiger partial charge in [-0.1, -0.05) is 6.92 Å². The van der Waals surface area contributed by atoms with Crippen LogP contribution in [0.2, 0.25) is 0 Å². The predicted molar refractivity (Wildman–Crippen MR) is 119 cm³/mol. The molecule has 5 rings (SSSR count). The largest absolute Gasteiger partial charge is 0.416 e. The Morgan fingerprint density at radius 3 is 2.88 bits per heavy atom. The number of amides is 1. The summed E-state index contributed by atoms with van der Waals surface area (Å²) in [5.41, 5.74) is -1.10. The lowest BCUT2D eigenvalue weighted by molar-refractivity contribution is -0.138. The molecule has 1 saturated carbocycles. The lowest BCUT2D eigenvalue weighted by Crippen LogP contribution is -2.53. The van der Waals surface area contributed by atoms with Gasteiger partial charge in [-0.05, 0) is 43.7 Å². The second-order valence-corrected chi connectivity index (χ2v) is 10.2. The van der Waals surface area contributed by atoms with Crippen LogP contribution >= 0.6 is 0 Å². The summed E-state index contributed by atoms with van der Waals surface area (Å²) >= 11 is 0. The van der Waals surface area contributed by atoms with Crippen molar-refractivity contribution in [2.45, 2.75) is 63.0 Å². The third kappa shape index (κ3) is 4.07. The molecule has 0 aromatic carbocycles. The third-order valence-electron chi connectivity index (χ3n) is 8.56. The van der Waals surface area contributed by atoms with Crippen LogP contribution in [-0.2, 0) is 20.4 Å². The number of carbonyl (C=O) groups excluding carboxylic acids is 1. The molecule has 7 nitrogen and oxygen atoms in total. The van der Waals surface area contributed by atoms with E-state index in [1.807, 2.05) is 9.80 Å². The molecule has 1 aromatic rings.